The van der Waals surface area contributed by atoms with E-state index < -0.39 is 35.7 Å². The van der Waals surface area contributed by atoms with E-state index in [9.17, 15) is 19.2 Å². The summed E-state index contributed by atoms with van der Waals surface area (Å²) in [6.07, 6.45) is 3.39. The molecule has 1 aromatic heterocycles. The van der Waals surface area contributed by atoms with Crippen LogP contribution in [0.15, 0.2) is 54.7 Å². The van der Waals surface area contributed by atoms with Crippen molar-refractivity contribution >= 4 is 46.1 Å². The number of amides is 4. The quantitative estimate of drug-likeness (QED) is 0.420. The summed E-state index contributed by atoms with van der Waals surface area (Å²) >= 11 is 0. The molecule has 1 N–H and O–H groups in total. The van der Waals surface area contributed by atoms with E-state index in [1.54, 1.807) is 44.4 Å². The van der Waals surface area contributed by atoms with Crippen molar-refractivity contribution in [2.24, 2.45) is 0 Å². The van der Waals surface area contributed by atoms with Crippen molar-refractivity contribution in [2.75, 3.05) is 16.8 Å². The van der Waals surface area contributed by atoms with Gasteiger partial charge in [0, 0.05) is 25.6 Å². The van der Waals surface area contributed by atoms with Crippen LogP contribution in [0.2, 0.25) is 0 Å². The topological polar surface area (TPSA) is 112 Å². The number of ether oxygens (including phenoxy) is 1. The summed E-state index contributed by atoms with van der Waals surface area (Å²) in [7, 11) is 1.48. The van der Waals surface area contributed by atoms with E-state index in [-0.39, 0.29) is 18.4 Å². The monoisotopic (exact) mass is 599 g/mol. The van der Waals surface area contributed by atoms with Crippen LogP contribution in [0.1, 0.15) is 71.4 Å². The van der Waals surface area contributed by atoms with Crippen LogP contribution >= 0.6 is 0 Å². The van der Waals surface area contributed by atoms with E-state index in [4.69, 9.17) is 9.72 Å². The number of nitrogens with one attached hydrogen (secondary N) is 1. The molecule has 0 spiro atoms. The highest BCUT2D eigenvalue weighted by Crippen LogP contribution is 2.44. The Balaban J connectivity index is 1.55. The number of pyridine rings is 1. The molecule has 44 heavy (non-hydrogen) atoms. The first kappa shape index (κ1) is 31.0. The molecule has 5 rings (SSSR count). The van der Waals surface area contributed by atoms with Crippen molar-refractivity contribution in [2.45, 2.75) is 90.6 Å². The number of para-hydroxylation sites is 3. The number of hydrogen-bond acceptors (Lipinski definition) is 6. The van der Waals surface area contributed by atoms with Gasteiger partial charge in [0.2, 0.25) is 11.8 Å². The third-order valence-electron chi connectivity index (χ3n) is 8.39. The van der Waals surface area contributed by atoms with E-state index >= 15 is 0 Å². The molecule has 1 aliphatic heterocycles. The maximum atomic E-state index is 14.6. The molecule has 0 radical (unpaired) electrons. The second-order valence-corrected chi connectivity index (χ2v) is 12.8. The van der Waals surface area contributed by atoms with Crippen LogP contribution in [0.4, 0.5) is 16.2 Å². The van der Waals surface area contributed by atoms with Crippen molar-refractivity contribution in [1.29, 1.82) is 0 Å². The highest BCUT2D eigenvalue weighted by molar-refractivity contribution is 6.08. The molecule has 0 saturated heterocycles. The second-order valence-electron chi connectivity index (χ2n) is 12.8. The van der Waals surface area contributed by atoms with Crippen LogP contribution in [0, 0.1) is 0 Å². The zero-order valence-electron chi connectivity index (χ0n) is 26.5. The molecule has 0 unspecified atom stereocenters. The molecule has 3 aromatic rings. The summed E-state index contributed by atoms with van der Waals surface area (Å²) in [4.78, 5) is 63.2. The number of hydrogen-bond donors (Lipinski definition) is 1. The minimum atomic E-state index is -1.09. The Bertz CT molecular complexity index is 1610. The van der Waals surface area contributed by atoms with Gasteiger partial charge >= 0.3 is 6.09 Å². The zero-order chi connectivity index (χ0) is 31.9. The van der Waals surface area contributed by atoms with Crippen LogP contribution in [0.5, 0.6) is 0 Å². The largest absolute Gasteiger partial charge is 0.444 e. The lowest BCUT2D eigenvalue weighted by atomic mass is 9.99. The van der Waals surface area contributed by atoms with Gasteiger partial charge in [-0.05, 0) is 82.7 Å². The van der Waals surface area contributed by atoms with Gasteiger partial charge in [0.15, 0.2) is 0 Å². The molecule has 0 bridgehead atoms. The van der Waals surface area contributed by atoms with E-state index in [2.05, 4.69) is 5.32 Å². The summed E-state index contributed by atoms with van der Waals surface area (Å²) in [5.41, 5.74) is 3.39. The lowest BCUT2D eigenvalue weighted by Crippen LogP contribution is -2.60. The Hall–Kier alpha value is -4.47. The number of fused-ring (bicyclic) bond motifs is 2. The Labute approximate surface area is 258 Å². The van der Waals surface area contributed by atoms with Gasteiger partial charge in [0.1, 0.15) is 17.7 Å². The number of rotatable bonds is 6. The van der Waals surface area contributed by atoms with E-state index in [0.717, 1.165) is 34.9 Å². The molecular formula is C34H41N5O5. The summed E-state index contributed by atoms with van der Waals surface area (Å²) in [5.74, 6) is -0.763. The van der Waals surface area contributed by atoms with Gasteiger partial charge in [-0.2, -0.15) is 0 Å². The fraction of sp³-hybridized carbons (Fsp3) is 0.441. The average molecular weight is 600 g/mol. The van der Waals surface area contributed by atoms with Crippen molar-refractivity contribution in [3.63, 3.8) is 0 Å². The maximum Gasteiger partial charge on any atom is 0.410 e. The van der Waals surface area contributed by atoms with Crippen LogP contribution in [0.25, 0.3) is 10.9 Å². The number of carbonyl (C=O) groups excluding carboxylic acids is 4. The SMILES string of the molecule is CC(=O)N1c2ccccc2N(Cc2c(C3CC3)cnc3ccccc23)C(=O)[C@@H](NC(=O)[C@H](C)N(C)C(=O)OC(C)(C)C)[C@@H]1C. The third kappa shape index (κ3) is 6.11. The minimum Gasteiger partial charge on any atom is -0.444 e. The van der Waals surface area contributed by atoms with Crippen molar-refractivity contribution in [3.8, 4) is 0 Å². The standard InChI is InChI=1S/C34H41N5O5/c1-20-30(36-31(41)21(2)37(7)33(43)44-34(4,5)6)32(42)38(28-14-10-11-15-29(28)39(20)22(3)40)19-26-24-12-8-9-13-27(24)35-18-25(26)23-16-17-23/h8-15,18,20-21,23,30H,16-17,19H2,1-7H3,(H,36,41)/t20-,21-,30-/m0/s1. The number of carbonyl (C=O) groups is 4. The van der Waals surface area contributed by atoms with Crippen molar-refractivity contribution in [1.82, 2.24) is 15.2 Å². The molecule has 1 fully saturated rings. The fourth-order valence-electron chi connectivity index (χ4n) is 5.80. The summed E-state index contributed by atoms with van der Waals surface area (Å²) < 4.78 is 5.44. The van der Waals surface area contributed by atoms with Crippen molar-refractivity contribution < 1.29 is 23.9 Å². The van der Waals surface area contributed by atoms with Gasteiger partial charge in [0.05, 0.1) is 29.5 Å². The highest BCUT2D eigenvalue weighted by Gasteiger charge is 2.43. The van der Waals surface area contributed by atoms with E-state index in [1.165, 1.54) is 18.9 Å². The van der Waals surface area contributed by atoms with Gasteiger partial charge in [-0.3, -0.25) is 24.3 Å². The van der Waals surface area contributed by atoms with Crippen molar-refractivity contribution in [3.05, 3.63) is 65.9 Å². The molecule has 2 heterocycles. The summed E-state index contributed by atoms with van der Waals surface area (Å²) in [6.45, 7) is 10.3. The van der Waals surface area contributed by atoms with Crippen LogP contribution < -0.4 is 15.1 Å². The number of aromatic nitrogens is 1. The normalized spacial score (nSPS) is 19.2. The fourth-order valence-corrected chi connectivity index (χ4v) is 5.80. The molecular weight excluding hydrogens is 558 g/mol. The first-order valence-corrected chi connectivity index (χ1v) is 15.1. The molecule has 1 saturated carbocycles. The van der Waals surface area contributed by atoms with E-state index in [1.807, 2.05) is 54.7 Å². The molecule has 2 aliphatic rings. The molecule has 3 atom stereocenters. The van der Waals surface area contributed by atoms with Gasteiger partial charge in [0.25, 0.3) is 5.91 Å². The first-order chi connectivity index (χ1) is 20.8. The average Bonchev–Trinajstić information content (AvgIpc) is 3.82. The lowest BCUT2D eigenvalue weighted by Gasteiger charge is -2.33. The number of benzene rings is 2. The summed E-state index contributed by atoms with van der Waals surface area (Å²) in [5, 5.41) is 3.86. The van der Waals surface area contributed by atoms with Crippen LogP contribution in [0.3, 0.4) is 0 Å². The summed E-state index contributed by atoms with van der Waals surface area (Å²) in [6, 6.07) is 12.5. The lowest BCUT2D eigenvalue weighted by molar-refractivity contribution is -0.131. The Morgan fingerprint density at radius 1 is 1.07 bits per heavy atom. The van der Waals surface area contributed by atoms with Crippen LogP contribution in [-0.2, 0) is 25.7 Å². The molecule has 2 aromatic carbocycles. The smallest absolute Gasteiger partial charge is 0.410 e. The number of nitrogens with zero attached hydrogens (tertiary/aromatic N) is 4. The van der Waals surface area contributed by atoms with Gasteiger partial charge in [-0.25, -0.2) is 4.79 Å². The molecule has 10 heteroatoms. The van der Waals surface area contributed by atoms with Crippen LogP contribution in [-0.4, -0.2) is 64.5 Å². The van der Waals surface area contributed by atoms with E-state index in [0.29, 0.717) is 17.3 Å². The minimum absolute atomic E-state index is 0.239. The predicted octanol–water partition coefficient (Wildman–Crippen LogP) is 5.14. The van der Waals surface area contributed by atoms with Gasteiger partial charge in [-0.15, -0.1) is 0 Å². The predicted molar refractivity (Wildman–Crippen MR) is 169 cm³/mol. The Morgan fingerprint density at radius 3 is 2.34 bits per heavy atom. The first-order valence-electron chi connectivity index (χ1n) is 15.1. The Kier molecular flexibility index (Phi) is 8.38. The molecule has 10 nitrogen and oxygen atoms in total. The molecule has 4 amide bonds. The molecule has 1 aliphatic carbocycles. The Morgan fingerprint density at radius 2 is 1.70 bits per heavy atom. The maximum absolute atomic E-state index is 14.6. The molecule has 232 valence electrons. The number of likely N-dealkylation sites (N-methyl/N-ethyl adjacent to an activating group) is 1. The van der Waals surface area contributed by atoms with Gasteiger partial charge < -0.3 is 19.9 Å². The third-order valence-corrected chi connectivity index (χ3v) is 8.39. The zero-order valence-corrected chi connectivity index (χ0v) is 26.5. The number of anilines is 2. The second kappa shape index (κ2) is 11.9. The van der Waals surface area contributed by atoms with Gasteiger partial charge in [-0.1, -0.05) is 30.3 Å². The highest BCUT2D eigenvalue weighted by atomic mass is 16.6.